The van der Waals surface area contributed by atoms with E-state index in [1.54, 1.807) is 0 Å². The van der Waals surface area contributed by atoms with Crippen LogP contribution in [0.3, 0.4) is 0 Å². The lowest BCUT2D eigenvalue weighted by atomic mass is 9.75. The molecule has 0 aromatic rings. The van der Waals surface area contributed by atoms with Gasteiger partial charge in [-0.25, -0.2) is 0 Å². The molecule has 2 unspecified atom stereocenters. The van der Waals surface area contributed by atoms with Crippen molar-refractivity contribution in [1.82, 2.24) is 0 Å². The van der Waals surface area contributed by atoms with Crippen molar-refractivity contribution in [3.8, 4) is 0 Å². The average Bonchev–Trinajstić information content (AvgIpc) is 2.44. The molecule has 0 heterocycles. The predicted octanol–water partition coefficient (Wildman–Crippen LogP) is 4.39. The van der Waals surface area contributed by atoms with Gasteiger partial charge in [0.15, 0.2) is 0 Å². The molecular weight excluding hydrogens is 144 g/mol. The van der Waals surface area contributed by atoms with E-state index in [9.17, 15) is 0 Å². The summed E-state index contributed by atoms with van der Waals surface area (Å²) in [6.45, 7) is 7.18. The number of hydrogen-bond donors (Lipinski definition) is 0. The summed E-state index contributed by atoms with van der Waals surface area (Å²) in [5, 5.41) is 0. The molecule has 0 amide bonds. The molecule has 1 aliphatic rings. The summed E-state index contributed by atoms with van der Waals surface area (Å²) >= 11 is 0. The monoisotopic (exact) mass is 168 g/mol. The molecule has 0 heteroatoms. The van der Waals surface area contributed by atoms with Crippen LogP contribution in [-0.2, 0) is 0 Å². The van der Waals surface area contributed by atoms with E-state index in [1.165, 1.54) is 44.9 Å². The first kappa shape index (κ1) is 10.1. The molecular formula is C12H24. The van der Waals surface area contributed by atoms with Gasteiger partial charge in [0.1, 0.15) is 0 Å². The topological polar surface area (TPSA) is 0 Å². The quantitative estimate of drug-likeness (QED) is 0.584. The highest BCUT2D eigenvalue weighted by Gasteiger charge is 2.36. The summed E-state index contributed by atoms with van der Waals surface area (Å²) < 4.78 is 0. The SMILES string of the molecule is CCCCC1(C)CCCC1CC. The summed E-state index contributed by atoms with van der Waals surface area (Å²) in [6.07, 6.45) is 10.2. The van der Waals surface area contributed by atoms with E-state index in [1.807, 2.05) is 0 Å². The third-order valence-corrected chi connectivity index (χ3v) is 3.88. The van der Waals surface area contributed by atoms with E-state index in [0.717, 1.165) is 5.92 Å². The fourth-order valence-corrected chi connectivity index (χ4v) is 2.91. The van der Waals surface area contributed by atoms with Crippen LogP contribution in [0.25, 0.3) is 0 Å². The van der Waals surface area contributed by atoms with Crippen LogP contribution in [0.5, 0.6) is 0 Å². The van der Waals surface area contributed by atoms with Gasteiger partial charge in [-0.2, -0.15) is 0 Å². The number of unbranched alkanes of at least 4 members (excludes halogenated alkanes) is 1. The van der Waals surface area contributed by atoms with Crippen LogP contribution in [0.2, 0.25) is 0 Å². The molecule has 12 heavy (non-hydrogen) atoms. The van der Waals surface area contributed by atoms with Crippen LogP contribution in [0, 0.1) is 11.3 Å². The summed E-state index contributed by atoms with van der Waals surface area (Å²) in [5.41, 5.74) is 0.713. The molecule has 1 saturated carbocycles. The third kappa shape index (κ3) is 2.02. The second kappa shape index (κ2) is 4.30. The van der Waals surface area contributed by atoms with Crippen molar-refractivity contribution >= 4 is 0 Å². The molecule has 2 atom stereocenters. The molecule has 0 N–H and O–H groups in total. The van der Waals surface area contributed by atoms with E-state index in [2.05, 4.69) is 20.8 Å². The first-order valence-electron chi connectivity index (χ1n) is 5.73. The van der Waals surface area contributed by atoms with E-state index in [-0.39, 0.29) is 0 Å². The zero-order chi connectivity index (χ0) is 9.03. The Hall–Kier alpha value is 0. The predicted molar refractivity (Wildman–Crippen MR) is 55.3 cm³/mol. The Morgan fingerprint density at radius 2 is 2.08 bits per heavy atom. The summed E-state index contributed by atoms with van der Waals surface area (Å²) in [5.74, 6) is 1.03. The van der Waals surface area contributed by atoms with Crippen LogP contribution >= 0.6 is 0 Å². The second-order valence-electron chi connectivity index (χ2n) is 4.75. The van der Waals surface area contributed by atoms with Crippen molar-refractivity contribution in [2.24, 2.45) is 11.3 Å². The van der Waals surface area contributed by atoms with E-state index >= 15 is 0 Å². The van der Waals surface area contributed by atoms with Crippen LogP contribution in [-0.4, -0.2) is 0 Å². The molecule has 0 radical (unpaired) electrons. The van der Waals surface area contributed by atoms with Crippen LogP contribution in [0.4, 0.5) is 0 Å². The smallest absolute Gasteiger partial charge is 0.0298 e. The lowest BCUT2D eigenvalue weighted by Gasteiger charge is -2.31. The zero-order valence-corrected chi connectivity index (χ0v) is 9.03. The fraction of sp³-hybridized carbons (Fsp3) is 1.00. The molecule has 1 rings (SSSR count). The van der Waals surface area contributed by atoms with Gasteiger partial charge in [0.2, 0.25) is 0 Å². The maximum Gasteiger partial charge on any atom is -0.0298 e. The first-order chi connectivity index (χ1) is 5.73. The van der Waals surface area contributed by atoms with Crippen molar-refractivity contribution in [2.75, 3.05) is 0 Å². The molecule has 0 aromatic carbocycles. The van der Waals surface area contributed by atoms with E-state index in [4.69, 9.17) is 0 Å². The highest BCUT2D eigenvalue weighted by atomic mass is 14.4. The summed E-state index contributed by atoms with van der Waals surface area (Å²) in [4.78, 5) is 0. The lowest BCUT2D eigenvalue weighted by molar-refractivity contribution is 0.198. The average molecular weight is 168 g/mol. The normalized spacial score (nSPS) is 35.8. The maximum absolute atomic E-state index is 2.52. The molecule has 0 nitrogen and oxygen atoms in total. The van der Waals surface area contributed by atoms with Gasteiger partial charge in [-0.1, -0.05) is 46.5 Å². The molecule has 1 fully saturated rings. The van der Waals surface area contributed by atoms with Crippen molar-refractivity contribution < 1.29 is 0 Å². The molecule has 72 valence electrons. The summed E-state index contributed by atoms with van der Waals surface area (Å²) in [6, 6.07) is 0. The Morgan fingerprint density at radius 1 is 1.33 bits per heavy atom. The summed E-state index contributed by atoms with van der Waals surface area (Å²) in [7, 11) is 0. The van der Waals surface area contributed by atoms with E-state index < -0.39 is 0 Å². The molecule has 0 aromatic heterocycles. The molecule has 1 aliphatic carbocycles. The maximum atomic E-state index is 2.52. The Labute approximate surface area is 77.7 Å². The van der Waals surface area contributed by atoms with Crippen molar-refractivity contribution in [3.63, 3.8) is 0 Å². The third-order valence-electron chi connectivity index (χ3n) is 3.88. The van der Waals surface area contributed by atoms with Gasteiger partial charge in [0.25, 0.3) is 0 Å². The lowest BCUT2D eigenvalue weighted by Crippen LogP contribution is -2.20. The largest absolute Gasteiger partial charge is 0.0654 e. The van der Waals surface area contributed by atoms with Gasteiger partial charge in [0, 0.05) is 0 Å². The zero-order valence-electron chi connectivity index (χ0n) is 9.03. The van der Waals surface area contributed by atoms with Gasteiger partial charge in [0.05, 0.1) is 0 Å². The van der Waals surface area contributed by atoms with Gasteiger partial charge in [-0.15, -0.1) is 0 Å². The Balaban J connectivity index is 2.43. The highest BCUT2D eigenvalue weighted by Crippen LogP contribution is 2.47. The first-order valence-corrected chi connectivity index (χ1v) is 5.73. The molecule has 0 bridgehead atoms. The number of hydrogen-bond acceptors (Lipinski definition) is 0. The van der Waals surface area contributed by atoms with Gasteiger partial charge < -0.3 is 0 Å². The minimum Gasteiger partial charge on any atom is -0.0654 e. The van der Waals surface area contributed by atoms with Crippen LogP contribution in [0.1, 0.15) is 65.7 Å². The minimum atomic E-state index is 0.713. The van der Waals surface area contributed by atoms with Crippen molar-refractivity contribution in [3.05, 3.63) is 0 Å². The van der Waals surface area contributed by atoms with Gasteiger partial charge in [-0.05, 0) is 30.6 Å². The van der Waals surface area contributed by atoms with Gasteiger partial charge in [-0.3, -0.25) is 0 Å². The standard InChI is InChI=1S/C12H24/c1-4-6-9-12(3)10-7-8-11(12)5-2/h11H,4-10H2,1-3H3. The Bertz CT molecular complexity index is 128. The van der Waals surface area contributed by atoms with E-state index in [0.29, 0.717) is 5.41 Å². The van der Waals surface area contributed by atoms with Crippen molar-refractivity contribution in [1.29, 1.82) is 0 Å². The van der Waals surface area contributed by atoms with Crippen molar-refractivity contribution in [2.45, 2.75) is 65.7 Å². The molecule has 0 aliphatic heterocycles. The second-order valence-corrected chi connectivity index (χ2v) is 4.75. The fourth-order valence-electron chi connectivity index (χ4n) is 2.91. The van der Waals surface area contributed by atoms with Crippen LogP contribution < -0.4 is 0 Å². The Kier molecular flexibility index (Phi) is 3.61. The minimum absolute atomic E-state index is 0.713. The Morgan fingerprint density at radius 3 is 2.67 bits per heavy atom. The van der Waals surface area contributed by atoms with Gasteiger partial charge >= 0.3 is 0 Å². The molecule has 0 spiro atoms. The van der Waals surface area contributed by atoms with Crippen LogP contribution in [0.15, 0.2) is 0 Å². The number of rotatable bonds is 4. The molecule has 0 saturated heterocycles. The highest BCUT2D eigenvalue weighted by molar-refractivity contribution is 4.87.